The molecule has 7 heteroatoms. The summed E-state index contributed by atoms with van der Waals surface area (Å²) in [7, 11) is 0. The van der Waals surface area contributed by atoms with Crippen LogP contribution in [-0.4, -0.2) is 29.9 Å². The van der Waals surface area contributed by atoms with Crippen molar-refractivity contribution in [1.82, 2.24) is 10.3 Å². The number of halogens is 2. The van der Waals surface area contributed by atoms with Gasteiger partial charge in [-0.25, -0.2) is 4.98 Å². The first-order chi connectivity index (χ1) is 7.56. The molecule has 16 heavy (non-hydrogen) atoms. The molecule has 1 aliphatic rings. The number of nitrogens with one attached hydrogen (secondary N) is 1. The Labute approximate surface area is 108 Å². The number of aromatic nitrogens is 1. The summed E-state index contributed by atoms with van der Waals surface area (Å²) in [6, 6.07) is 1.82. The Morgan fingerprint density at radius 3 is 2.44 bits per heavy atom. The van der Waals surface area contributed by atoms with Crippen LogP contribution in [0.3, 0.4) is 0 Å². The van der Waals surface area contributed by atoms with Gasteiger partial charge in [-0.2, -0.15) is 0 Å². The molecule has 0 spiro atoms. The van der Waals surface area contributed by atoms with E-state index in [4.69, 9.17) is 0 Å². The first-order valence-corrected chi connectivity index (χ1v) is 6.03. The first-order valence-electron chi connectivity index (χ1n) is 4.45. The van der Waals surface area contributed by atoms with Gasteiger partial charge in [0.1, 0.15) is 5.82 Å². The number of imide groups is 1. The zero-order chi connectivity index (χ0) is 11.7. The van der Waals surface area contributed by atoms with Gasteiger partial charge in [0.05, 0.1) is 17.6 Å². The third kappa shape index (κ3) is 2.41. The molecular formula is C9H7Br2N3O2. The van der Waals surface area contributed by atoms with Crippen LogP contribution in [0, 0.1) is 0 Å². The zero-order valence-electron chi connectivity index (χ0n) is 8.04. The van der Waals surface area contributed by atoms with Gasteiger partial charge in [-0.15, -0.1) is 0 Å². The molecule has 0 saturated carbocycles. The summed E-state index contributed by atoms with van der Waals surface area (Å²) < 4.78 is 1.57. The summed E-state index contributed by atoms with van der Waals surface area (Å²) in [6.45, 7) is 0.276. The van der Waals surface area contributed by atoms with Crippen LogP contribution < -0.4 is 10.2 Å². The molecule has 5 nitrogen and oxygen atoms in total. The van der Waals surface area contributed by atoms with Gasteiger partial charge in [0.15, 0.2) is 0 Å². The Morgan fingerprint density at radius 1 is 1.25 bits per heavy atom. The van der Waals surface area contributed by atoms with E-state index in [9.17, 15) is 9.59 Å². The van der Waals surface area contributed by atoms with E-state index in [-0.39, 0.29) is 24.9 Å². The lowest BCUT2D eigenvalue weighted by Gasteiger charge is -2.27. The minimum absolute atomic E-state index is 0.138. The monoisotopic (exact) mass is 347 g/mol. The number of pyridine rings is 1. The van der Waals surface area contributed by atoms with Crippen molar-refractivity contribution in [3.63, 3.8) is 0 Å². The molecule has 0 aliphatic carbocycles. The van der Waals surface area contributed by atoms with Crippen LogP contribution in [-0.2, 0) is 9.59 Å². The zero-order valence-corrected chi connectivity index (χ0v) is 11.2. The Morgan fingerprint density at radius 2 is 1.88 bits per heavy atom. The lowest BCUT2D eigenvalue weighted by atomic mass is 10.3. The fourth-order valence-electron chi connectivity index (χ4n) is 1.43. The van der Waals surface area contributed by atoms with Crippen molar-refractivity contribution in [3.8, 4) is 0 Å². The fraction of sp³-hybridized carbons (Fsp3) is 0.222. The van der Waals surface area contributed by atoms with Crippen molar-refractivity contribution in [3.05, 3.63) is 21.2 Å². The molecule has 0 radical (unpaired) electrons. The standard InChI is InChI=1S/C9H7Br2N3O2/c10-5-1-6(11)9(12-2-5)14-3-7(15)13-8(16)4-14/h1-2H,3-4H2,(H,13,15,16). The molecule has 0 atom stereocenters. The molecule has 1 fully saturated rings. The van der Waals surface area contributed by atoms with Crippen LogP contribution in [0.1, 0.15) is 0 Å². The van der Waals surface area contributed by atoms with Crippen LogP contribution in [0.25, 0.3) is 0 Å². The second-order valence-electron chi connectivity index (χ2n) is 3.29. The molecule has 1 N–H and O–H groups in total. The maximum Gasteiger partial charge on any atom is 0.246 e. The van der Waals surface area contributed by atoms with Gasteiger partial charge < -0.3 is 4.90 Å². The predicted molar refractivity (Wildman–Crippen MR) is 65.0 cm³/mol. The normalized spacial score (nSPS) is 16.2. The molecular weight excluding hydrogens is 342 g/mol. The molecule has 1 aromatic rings. The number of piperazine rings is 1. The smallest absolute Gasteiger partial charge is 0.246 e. The van der Waals surface area contributed by atoms with Crippen LogP contribution >= 0.6 is 31.9 Å². The molecule has 0 bridgehead atoms. The van der Waals surface area contributed by atoms with Crippen LogP contribution in [0.4, 0.5) is 5.82 Å². The number of carbonyl (C=O) groups excluding carboxylic acids is 2. The molecule has 0 aromatic carbocycles. The van der Waals surface area contributed by atoms with E-state index in [0.29, 0.717) is 5.82 Å². The van der Waals surface area contributed by atoms with Gasteiger partial charge in [-0.1, -0.05) is 0 Å². The minimum atomic E-state index is -0.312. The molecule has 1 aromatic heterocycles. The molecule has 2 amide bonds. The molecule has 84 valence electrons. The Kier molecular flexibility index (Phi) is 3.25. The van der Waals surface area contributed by atoms with E-state index in [0.717, 1.165) is 8.95 Å². The molecule has 0 unspecified atom stereocenters. The predicted octanol–water partition coefficient (Wildman–Crippen LogP) is 1.07. The van der Waals surface area contributed by atoms with Gasteiger partial charge in [0, 0.05) is 10.7 Å². The maximum atomic E-state index is 11.2. The summed E-state index contributed by atoms with van der Waals surface area (Å²) in [4.78, 5) is 28.2. The lowest BCUT2D eigenvalue weighted by molar-refractivity contribution is -0.130. The van der Waals surface area contributed by atoms with Crippen LogP contribution in [0.2, 0.25) is 0 Å². The number of hydrogen-bond donors (Lipinski definition) is 1. The third-order valence-corrected chi connectivity index (χ3v) is 3.05. The number of nitrogens with zero attached hydrogens (tertiary/aromatic N) is 2. The van der Waals surface area contributed by atoms with Crippen molar-refractivity contribution in [2.45, 2.75) is 0 Å². The largest absolute Gasteiger partial charge is 0.337 e. The lowest BCUT2D eigenvalue weighted by Crippen LogP contribution is -2.51. The van der Waals surface area contributed by atoms with E-state index in [2.05, 4.69) is 42.2 Å². The van der Waals surface area contributed by atoms with Gasteiger partial charge in [0.2, 0.25) is 11.8 Å². The first kappa shape index (κ1) is 11.5. The van der Waals surface area contributed by atoms with Crippen molar-refractivity contribution < 1.29 is 9.59 Å². The van der Waals surface area contributed by atoms with Crippen molar-refractivity contribution in [1.29, 1.82) is 0 Å². The Bertz CT molecular complexity index is 448. The molecule has 1 aliphatic heterocycles. The average molecular weight is 349 g/mol. The topological polar surface area (TPSA) is 62.3 Å². The van der Waals surface area contributed by atoms with E-state index in [1.54, 1.807) is 11.1 Å². The molecule has 2 heterocycles. The van der Waals surface area contributed by atoms with Crippen molar-refractivity contribution in [2.75, 3.05) is 18.0 Å². The van der Waals surface area contributed by atoms with Gasteiger partial charge in [-0.3, -0.25) is 14.9 Å². The highest BCUT2D eigenvalue weighted by Crippen LogP contribution is 2.26. The Balaban J connectivity index is 2.29. The van der Waals surface area contributed by atoms with E-state index in [1.807, 2.05) is 6.07 Å². The maximum absolute atomic E-state index is 11.2. The van der Waals surface area contributed by atoms with Gasteiger partial charge in [0.25, 0.3) is 0 Å². The summed E-state index contributed by atoms with van der Waals surface area (Å²) >= 11 is 6.63. The van der Waals surface area contributed by atoms with Gasteiger partial charge in [-0.05, 0) is 37.9 Å². The average Bonchev–Trinajstić information content (AvgIpc) is 2.15. The number of amides is 2. The highest BCUT2D eigenvalue weighted by atomic mass is 79.9. The second-order valence-corrected chi connectivity index (χ2v) is 5.06. The summed E-state index contributed by atoms with van der Waals surface area (Å²) in [5.41, 5.74) is 0. The quantitative estimate of drug-likeness (QED) is 0.771. The fourth-order valence-corrected chi connectivity index (χ4v) is 2.67. The van der Waals surface area contributed by atoms with E-state index < -0.39 is 0 Å². The second kappa shape index (κ2) is 4.50. The highest BCUT2D eigenvalue weighted by Gasteiger charge is 2.24. The molecule has 2 rings (SSSR count). The minimum Gasteiger partial charge on any atom is -0.337 e. The molecule has 1 saturated heterocycles. The van der Waals surface area contributed by atoms with E-state index >= 15 is 0 Å². The van der Waals surface area contributed by atoms with Crippen LogP contribution in [0.5, 0.6) is 0 Å². The summed E-state index contributed by atoms with van der Waals surface area (Å²) in [6.07, 6.45) is 1.62. The third-order valence-electron chi connectivity index (χ3n) is 2.04. The number of anilines is 1. The number of hydrogen-bond acceptors (Lipinski definition) is 4. The van der Waals surface area contributed by atoms with Crippen molar-refractivity contribution in [2.24, 2.45) is 0 Å². The highest BCUT2D eigenvalue weighted by molar-refractivity contribution is 9.11. The Hall–Kier alpha value is -0.950. The van der Waals surface area contributed by atoms with E-state index in [1.165, 1.54) is 0 Å². The summed E-state index contributed by atoms with van der Waals surface area (Å²) in [5.74, 6) is -0.0351. The number of rotatable bonds is 1. The van der Waals surface area contributed by atoms with Crippen LogP contribution in [0.15, 0.2) is 21.2 Å². The summed E-state index contributed by atoms with van der Waals surface area (Å²) in [5, 5.41) is 2.24. The number of carbonyl (C=O) groups is 2. The van der Waals surface area contributed by atoms with Crippen molar-refractivity contribution >= 4 is 49.5 Å². The SMILES string of the molecule is O=C1CN(c2ncc(Br)cc2Br)CC(=O)N1. The van der Waals surface area contributed by atoms with Gasteiger partial charge >= 0.3 is 0 Å².